The standard InChI is InChI=1S/C16H25NO/c1-5-10-17-15(11-13(2)3)12-14-8-6-7-9-16(14)18-4/h6-9,15,17H,2,5,10-12H2,1,3-4H3. The second kappa shape index (κ2) is 7.93. The molecule has 0 saturated heterocycles. The summed E-state index contributed by atoms with van der Waals surface area (Å²) in [6, 6.07) is 8.68. The van der Waals surface area contributed by atoms with Crippen molar-refractivity contribution in [3.8, 4) is 5.75 Å². The van der Waals surface area contributed by atoms with Gasteiger partial charge in [0.25, 0.3) is 0 Å². The van der Waals surface area contributed by atoms with Crippen LogP contribution in [-0.2, 0) is 6.42 Å². The molecule has 0 aliphatic rings. The predicted octanol–water partition coefficient (Wildman–Crippen LogP) is 3.57. The third-order valence-electron chi connectivity index (χ3n) is 2.94. The molecule has 2 nitrogen and oxygen atoms in total. The van der Waals surface area contributed by atoms with E-state index in [0.29, 0.717) is 6.04 Å². The first-order chi connectivity index (χ1) is 8.67. The number of hydrogen-bond acceptors (Lipinski definition) is 2. The van der Waals surface area contributed by atoms with E-state index < -0.39 is 0 Å². The Labute approximate surface area is 111 Å². The van der Waals surface area contributed by atoms with Crippen molar-refractivity contribution >= 4 is 0 Å². The van der Waals surface area contributed by atoms with Crippen molar-refractivity contribution in [2.75, 3.05) is 13.7 Å². The molecule has 0 aliphatic heterocycles. The lowest BCUT2D eigenvalue weighted by atomic mass is 9.99. The third-order valence-corrected chi connectivity index (χ3v) is 2.94. The molecule has 1 rings (SSSR count). The summed E-state index contributed by atoms with van der Waals surface area (Å²) in [6.07, 6.45) is 3.15. The van der Waals surface area contributed by atoms with Crippen molar-refractivity contribution in [1.82, 2.24) is 5.32 Å². The summed E-state index contributed by atoms with van der Waals surface area (Å²) in [5, 5.41) is 3.58. The Morgan fingerprint density at radius 2 is 2.11 bits per heavy atom. The Bertz CT molecular complexity index is 373. The molecule has 0 saturated carbocycles. The lowest BCUT2D eigenvalue weighted by Crippen LogP contribution is -2.32. The molecule has 1 aromatic carbocycles. The first-order valence-electron chi connectivity index (χ1n) is 6.67. The first-order valence-corrected chi connectivity index (χ1v) is 6.67. The molecular weight excluding hydrogens is 222 g/mol. The zero-order valence-corrected chi connectivity index (χ0v) is 11.8. The largest absolute Gasteiger partial charge is 0.496 e. The van der Waals surface area contributed by atoms with Crippen molar-refractivity contribution < 1.29 is 4.74 Å². The quantitative estimate of drug-likeness (QED) is 0.709. The minimum Gasteiger partial charge on any atom is -0.496 e. The molecule has 0 amide bonds. The Hall–Kier alpha value is -1.28. The maximum Gasteiger partial charge on any atom is 0.122 e. The molecule has 0 aliphatic carbocycles. The van der Waals surface area contributed by atoms with Crippen LogP contribution >= 0.6 is 0 Å². The van der Waals surface area contributed by atoms with Crippen molar-refractivity contribution in [2.24, 2.45) is 0 Å². The van der Waals surface area contributed by atoms with Gasteiger partial charge in [-0.25, -0.2) is 0 Å². The molecule has 0 radical (unpaired) electrons. The fourth-order valence-corrected chi connectivity index (χ4v) is 2.12. The summed E-state index contributed by atoms with van der Waals surface area (Å²) in [6.45, 7) is 9.34. The molecule has 0 fully saturated rings. The van der Waals surface area contributed by atoms with Gasteiger partial charge in [-0.05, 0) is 44.4 Å². The number of para-hydroxylation sites is 1. The van der Waals surface area contributed by atoms with Gasteiger partial charge in [-0.1, -0.05) is 30.7 Å². The molecule has 0 bridgehead atoms. The van der Waals surface area contributed by atoms with Gasteiger partial charge in [-0.3, -0.25) is 0 Å². The molecule has 18 heavy (non-hydrogen) atoms. The van der Waals surface area contributed by atoms with Crippen molar-refractivity contribution in [2.45, 2.75) is 39.2 Å². The highest BCUT2D eigenvalue weighted by Crippen LogP contribution is 2.20. The Balaban J connectivity index is 2.71. The Kier molecular flexibility index (Phi) is 6.51. The normalized spacial score (nSPS) is 12.2. The number of ether oxygens (including phenoxy) is 1. The van der Waals surface area contributed by atoms with Crippen LogP contribution in [0, 0.1) is 0 Å². The molecule has 0 aromatic heterocycles. The van der Waals surface area contributed by atoms with E-state index in [1.807, 2.05) is 12.1 Å². The zero-order valence-electron chi connectivity index (χ0n) is 11.8. The monoisotopic (exact) mass is 247 g/mol. The fourth-order valence-electron chi connectivity index (χ4n) is 2.12. The van der Waals surface area contributed by atoms with Gasteiger partial charge < -0.3 is 10.1 Å². The summed E-state index contributed by atoms with van der Waals surface area (Å²) in [7, 11) is 1.73. The molecule has 100 valence electrons. The average Bonchev–Trinajstić information content (AvgIpc) is 2.36. The molecule has 0 spiro atoms. The molecule has 1 N–H and O–H groups in total. The van der Waals surface area contributed by atoms with Gasteiger partial charge in [0.05, 0.1) is 7.11 Å². The van der Waals surface area contributed by atoms with Gasteiger partial charge in [0.1, 0.15) is 5.75 Å². The Morgan fingerprint density at radius 3 is 2.72 bits per heavy atom. The minimum atomic E-state index is 0.443. The highest BCUT2D eigenvalue weighted by molar-refractivity contribution is 5.34. The van der Waals surface area contributed by atoms with Crippen molar-refractivity contribution in [3.05, 3.63) is 42.0 Å². The van der Waals surface area contributed by atoms with Crippen molar-refractivity contribution in [3.63, 3.8) is 0 Å². The van der Waals surface area contributed by atoms with Crippen LogP contribution in [0.3, 0.4) is 0 Å². The lowest BCUT2D eigenvalue weighted by molar-refractivity contribution is 0.404. The minimum absolute atomic E-state index is 0.443. The van der Waals surface area contributed by atoms with E-state index in [1.54, 1.807) is 7.11 Å². The average molecular weight is 247 g/mol. The van der Waals surface area contributed by atoms with Crippen LogP contribution < -0.4 is 10.1 Å². The number of rotatable bonds is 8. The molecule has 1 atom stereocenters. The summed E-state index contributed by atoms with van der Waals surface area (Å²) in [5.74, 6) is 0.975. The van der Waals surface area contributed by atoms with Gasteiger partial charge >= 0.3 is 0 Å². The van der Waals surface area contributed by atoms with Crippen LogP contribution in [-0.4, -0.2) is 19.7 Å². The topological polar surface area (TPSA) is 21.3 Å². The summed E-state index contributed by atoms with van der Waals surface area (Å²) in [5.41, 5.74) is 2.48. The van der Waals surface area contributed by atoms with Gasteiger partial charge in [0, 0.05) is 6.04 Å². The van der Waals surface area contributed by atoms with E-state index in [4.69, 9.17) is 4.74 Å². The molecule has 2 heteroatoms. The number of methoxy groups -OCH3 is 1. The summed E-state index contributed by atoms with van der Waals surface area (Å²) < 4.78 is 5.41. The second-order valence-corrected chi connectivity index (χ2v) is 4.83. The smallest absolute Gasteiger partial charge is 0.122 e. The van der Waals surface area contributed by atoms with Gasteiger partial charge in [-0.15, -0.1) is 6.58 Å². The van der Waals surface area contributed by atoms with E-state index in [9.17, 15) is 0 Å². The van der Waals surface area contributed by atoms with Crippen molar-refractivity contribution in [1.29, 1.82) is 0 Å². The predicted molar refractivity (Wildman–Crippen MR) is 78.2 cm³/mol. The molecule has 1 aromatic rings. The maximum absolute atomic E-state index is 5.41. The lowest BCUT2D eigenvalue weighted by Gasteiger charge is -2.20. The fraction of sp³-hybridized carbons (Fsp3) is 0.500. The van der Waals surface area contributed by atoms with Crippen LogP contribution in [0.5, 0.6) is 5.75 Å². The van der Waals surface area contributed by atoms with E-state index in [1.165, 1.54) is 11.1 Å². The van der Waals surface area contributed by atoms with Crippen LogP contribution in [0.25, 0.3) is 0 Å². The second-order valence-electron chi connectivity index (χ2n) is 4.83. The van der Waals surface area contributed by atoms with Crippen LogP contribution in [0.1, 0.15) is 32.3 Å². The van der Waals surface area contributed by atoms with E-state index >= 15 is 0 Å². The highest BCUT2D eigenvalue weighted by atomic mass is 16.5. The first kappa shape index (κ1) is 14.8. The molecule has 1 unspecified atom stereocenters. The van der Waals surface area contributed by atoms with Crippen LogP contribution in [0.4, 0.5) is 0 Å². The molecular formula is C16H25NO. The third kappa shape index (κ3) is 4.92. The Morgan fingerprint density at radius 1 is 1.39 bits per heavy atom. The summed E-state index contributed by atoms with van der Waals surface area (Å²) >= 11 is 0. The van der Waals surface area contributed by atoms with E-state index in [2.05, 4.69) is 37.9 Å². The van der Waals surface area contributed by atoms with Gasteiger partial charge in [-0.2, -0.15) is 0 Å². The number of benzene rings is 1. The number of nitrogens with one attached hydrogen (secondary N) is 1. The van der Waals surface area contributed by atoms with Gasteiger partial charge in [0.2, 0.25) is 0 Å². The van der Waals surface area contributed by atoms with E-state index in [0.717, 1.165) is 31.6 Å². The molecule has 0 heterocycles. The SMILES string of the molecule is C=C(C)CC(Cc1ccccc1OC)NCCC. The van der Waals surface area contributed by atoms with Crippen LogP contribution in [0.2, 0.25) is 0 Å². The maximum atomic E-state index is 5.41. The van der Waals surface area contributed by atoms with Gasteiger partial charge in [0.15, 0.2) is 0 Å². The van der Waals surface area contributed by atoms with Crippen LogP contribution in [0.15, 0.2) is 36.4 Å². The summed E-state index contributed by atoms with van der Waals surface area (Å²) in [4.78, 5) is 0. The highest BCUT2D eigenvalue weighted by Gasteiger charge is 2.11. The van der Waals surface area contributed by atoms with E-state index in [-0.39, 0.29) is 0 Å². The zero-order chi connectivity index (χ0) is 13.4. The number of hydrogen-bond donors (Lipinski definition) is 1.